The molecular weight excluding hydrogens is 272 g/mol. The van der Waals surface area contributed by atoms with Crippen molar-refractivity contribution in [2.24, 2.45) is 0 Å². The molecule has 1 fully saturated rings. The third-order valence-corrected chi connectivity index (χ3v) is 3.32. The molecule has 21 heavy (non-hydrogen) atoms. The summed E-state index contributed by atoms with van der Waals surface area (Å²) in [6.45, 7) is 5.03. The molecule has 0 radical (unpaired) electrons. The first-order valence-electron chi connectivity index (χ1n) is 6.76. The quantitative estimate of drug-likeness (QED) is 0.851. The van der Waals surface area contributed by atoms with Crippen LogP contribution in [0, 0.1) is 0 Å². The molecule has 0 unspecified atom stereocenters. The second-order valence-electron chi connectivity index (χ2n) is 4.91. The maximum absolute atomic E-state index is 12.4. The predicted octanol–water partition coefficient (Wildman–Crippen LogP) is 0.344. The first kappa shape index (κ1) is 15.0. The van der Waals surface area contributed by atoms with Crippen LogP contribution in [-0.4, -0.2) is 58.7 Å². The summed E-state index contributed by atoms with van der Waals surface area (Å²) in [7, 11) is 0. The van der Waals surface area contributed by atoms with Crippen molar-refractivity contribution in [3.8, 4) is 0 Å². The average molecular weight is 290 g/mol. The van der Waals surface area contributed by atoms with Crippen molar-refractivity contribution in [3.63, 3.8) is 0 Å². The lowest BCUT2D eigenvalue weighted by atomic mass is 10.2. The molecule has 2 heterocycles. The minimum atomic E-state index is -0.234. The Labute approximate surface area is 122 Å². The Morgan fingerprint density at radius 2 is 1.71 bits per heavy atom. The summed E-state index contributed by atoms with van der Waals surface area (Å²) in [5, 5.41) is 2.55. The van der Waals surface area contributed by atoms with Crippen molar-refractivity contribution in [3.05, 3.63) is 23.9 Å². The van der Waals surface area contributed by atoms with Crippen molar-refractivity contribution in [2.75, 3.05) is 31.5 Å². The SMILES string of the molecule is CC(=O)Nc1cc(C(=O)N2CCN(C(C)=O)CC2)ccn1. The van der Waals surface area contributed by atoms with E-state index in [2.05, 4.69) is 10.3 Å². The minimum Gasteiger partial charge on any atom is -0.339 e. The predicted molar refractivity (Wildman–Crippen MR) is 76.7 cm³/mol. The molecule has 0 atom stereocenters. The van der Waals surface area contributed by atoms with Crippen LogP contribution in [0.25, 0.3) is 0 Å². The van der Waals surface area contributed by atoms with E-state index in [-0.39, 0.29) is 17.7 Å². The van der Waals surface area contributed by atoms with Gasteiger partial charge >= 0.3 is 0 Å². The molecule has 0 saturated carbocycles. The number of aromatic nitrogens is 1. The number of nitrogens with zero attached hydrogens (tertiary/aromatic N) is 3. The van der Waals surface area contributed by atoms with Gasteiger partial charge < -0.3 is 15.1 Å². The number of nitrogens with one attached hydrogen (secondary N) is 1. The molecule has 0 bridgehead atoms. The van der Waals surface area contributed by atoms with Gasteiger partial charge in [0, 0.05) is 51.8 Å². The Balaban J connectivity index is 2.04. The number of anilines is 1. The fourth-order valence-electron chi connectivity index (χ4n) is 2.22. The van der Waals surface area contributed by atoms with Crippen LogP contribution in [0.3, 0.4) is 0 Å². The number of piperazine rings is 1. The molecule has 1 aliphatic rings. The molecule has 0 aliphatic carbocycles. The van der Waals surface area contributed by atoms with Crippen LogP contribution in [0.2, 0.25) is 0 Å². The monoisotopic (exact) mass is 290 g/mol. The molecule has 112 valence electrons. The number of pyridine rings is 1. The van der Waals surface area contributed by atoms with Crippen LogP contribution in [0.15, 0.2) is 18.3 Å². The fraction of sp³-hybridized carbons (Fsp3) is 0.429. The second-order valence-corrected chi connectivity index (χ2v) is 4.91. The smallest absolute Gasteiger partial charge is 0.254 e. The van der Waals surface area contributed by atoms with E-state index in [1.807, 2.05) is 0 Å². The van der Waals surface area contributed by atoms with Gasteiger partial charge in [-0.1, -0.05) is 0 Å². The zero-order chi connectivity index (χ0) is 15.4. The Morgan fingerprint density at radius 3 is 2.29 bits per heavy atom. The summed E-state index contributed by atoms with van der Waals surface area (Å²) in [5.74, 6) is 0.0315. The molecule has 1 aromatic heterocycles. The molecule has 1 aromatic rings. The van der Waals surface area contributed by atoms with Crippen LogP contribution in [-0.2, 0) is 9.59 Å². The van der Waals surface area contributed by atoms with E-state index in [9.17, 15) is 14.4 Å². The molecule has 7 nitrogen and oxygen atoms in total. The van der Waals surface area contributed by atoms with Gasteiger partial charge in [-0.15, -0.1) is 0 Å². The largest absolute Gasteiger partial charge is 0.339 e. The van der Waals surface area contributed by atoms with Crippen LogP contribution in [0.4, 0.5) is 5.82 Å². The Morgan fingerprint density at radius 1 is 1.10 bits per heavy atom. The van der Waals surface area contributed by atoms with E-state index < -0.39 is 0 Å². The van der Waals surface area contributed by atoms with Gasteiger partial charge in [0.25, 0.3) is 5.91 Å². The van der Waals surface area contributed by atoms with E-state index in [1.165, 1.54) is 20.0 Å². The summed E-state index contributed by atoms with van der Waals surface area (Å²) in [6.07, 6.45) is 1.49. The molecule has 0 spiro atoms. The number of amides is 3. The zero-order valence-electron chi connectivity index (χ0n) is 12.1. The molecule has 0 aromatic carbocycles. The van der Waals surface area contributed by atoms with Crippen molar-refractivity contribution in [1.29, 1.82) is 0 Å². The molecule has 1 N–H and O–H groups in total. The third-order valence-electron chi connectivity index (χ3n) is 3.32. The number of carbonyl (C=O) groups is 3. The highest BCUT2D eigenvalue weighted by atomic mass is 16.2. The molecular formula is C14H18N4O3. The van der Waals surface area contributed by atoms with Gasteiger partial charge in [0.1, 0.15) is 5.82 Å². The third kappa shape index (κ3) is 3.77. The lowest BCUT2D eigenvalue weighted by Gasteiger charge is -2.34. The van der Waals surface area contributed by atoms with Crippen LogP contribution < -0.4 is 5.32 Å². The second kappa shape index (κ2) is 6.34. The average Bonchev–Trinajstić information content (AvgIpc) is 2.46. The first-order valence-corrected chi connectivity index (χ1v) is 6.76. The maximum Gasteiger partial charge on any atom is 0.254 e. The van der Waals surface area contributed by atoms with Crippen LogP contribution in [0.1, 0.15) is 24.2 Å². The van der Waals surface area contributed by atoms with E-state index in [0.29, 0.717) is 37.6 Å². The van der Waals surface area contributed by atoms with Gasteiger partial charge in [-0.25, -0.2) is 4.98 Å². The highest BCUT2D eigenvalue weighted by Crippen LogP contribution is 2.12. The highest BCUT2D eigenvalue weighted by molar-refractivity contribution is 5.96. The summed E-state index contributed by atoms with van der Waals surface area (Å²) < 4.78 is 0. The Kier molecular flexibility index (Phi) is 4.52. The summed E-state index contributed by atoms with van der Waals surface area (Å²) >= 11 is 0. The van der Waals surface area contributed by atoms with E-state index >= 15 is 0 Å². The highest BCUT2D eigenvalue weighted by Gasteiger charge is 2.23. The van der Waals surface area contributed by atoms with Crippen molar-refractivity contribution >= 4 is 23.5 Å². The fourth-order valence-corrected chi connectivity index (χ4v) is 2.22. The summed E-state index contributed by atoms with van der Waals surface area (Å²) in [4.78, 5) is 42.1. The van der Waals surface area contributed by atoms with Gasteiger partial charge in [-0.05, 0) is 12.1 Å². The summed E-state index contributed by atoms with van der Waals surface area (Å²) in [6, 6.07) is 3.17. The number of carbonyl (C=O) groups excluding carboxylic acids is 3. The molecule has 7 heteroatoms. The Bertz CT molecular complexity index is 565. The minimum absolute atomic E-state index is 0.0268. The lowest BCUT2D eigenvalue weighted by molar-refractivity contribution is -0.130. The standard InChI is InChI=1S/C14H18N4O3/c1-10(19)16-13-9-12(3-4-15-13)14(21)18-7-5-17(6-8-18)11(2)20/h3-4,9H,5-8H2,1-2H3,(H,15,16,19). The Hall–Kier alpha value is -2.44. The molecule has 3 amide bonds. The zero-order valence-corrected chi connectivity index (χ0v) is 12.1. The summed E-state index contributed by atoms with van der Waals surface area (Å²) in [5.41, 5.74) is 0.477. The lowest BCUT2D eigenvalue weighted by Crippen LogP contribution is -2.50. The normalized spacial score (nSPS) is 14.8. The number of rotatable bonds is 2. The first-order chi connectivity index (χ1) is 9.97. The van der Waals surface area contributed by atoms with Gasteiger partial charge in [0.2, 0.25) is 11.8 Å². The van der Waals surface area contributed by atoms with Crippen molar-refractivity contribution < 1.29 is 14.4 Å². The van der Waals surface area contributed by atoms with Crippen LogP contribution in [0.5, 0.6) is 0 Å². The van der Waals surface area contributed by atoms with Gasteiger partial charge in [0.05, 0.1) is 0 Å². The number of hydrogen-bond donors (Lipinski definition) is 1. The topological polar surface area (TPSA) is 82.6 Å². The molecule has 2 rings (SSSR count). The van der Waals surface area contributed by atoms with E-state index in [1.54, 1.807) is 21.9 Å². The van der Waals surface area contributed by atoms with Gasteiger partial charge in [0.15, 0.2) is 0 Å². The van der Waals surface area contributed by atoms with E-state index in [4.69, 9.17) is 0 Å². The van der Waals surface area contributed by atoms with Gasteiger partial charge in [-0.2, -0.15) is 0 Å². The van der Waals surface area contributed by atoms with Gasteiger partial charge in [-0.3, -0.25) is 14.4 Å². The van der Waals surface area contributed by atoms with Crippen molar-refractivity contribution in [2.45, 2.75) is 13.8 Å². The van der Waals surface area contributed by atoms with E-state index in [0.717, 1.165) is 0 Å². The molecule has 1 aliphatic heterocycles. The van der Waals surface area contributed by atoms with Crippen molar-refractivity contribution in [1.82, 2.24) is 14.8 Å². The number of hydrogen-bond acceptors (Lipinski definition) is 4. The van der Waals surface area contributed by atoms with Crippen LogP contribution >= 0.6 is 0 Å². The molecule has 1 saturated heterocycles. The maximum atomic E-state index is 12.4.